The molecule has 1 aromatic carbocycles. The van der Waals surface area contributed by atoms with Gasteiger partial charge in [-0.1, -0.05) is 25.4 Å². The molecular formula is C17H20ClN3O. The Morgan fingerprint density at radius 3 is 2.82 bits per heavy atom. The van der Waals surface area contributed by atoms with Gasteiger partial charge in [-0.3, -0.25) is 4.98 Å². The van der Waals surface area contributed by atoms with Gasteiger partial charge in [-0.15, -0.1) is 0 Å². The minimum Gasteiger partial charge on any atom is -0.374 e. The van der Waals surface area contributed by atoms with Gasteiger partial charge < -0.3 is 9.30 Å². The van der Waals surface area contributed by atoms with Crippen molar-refractivity contribution >= 4 is 33.5 Å². The summed E-state index contributed by atoms with van der Waals surface area (Å²) in [5.74, 6) is 1.48. The third-order valence-electron chi connectivity index (χ3n) is 3.60. The van der Waals surface area contributed by atoms with Gasteiger partial charge in [0.05, 0.1) is 17.2 Å². The van der Waals surface area contributed by atoms with Crippen LogP contribution in [0.25, 0.3) is 21.9 Å². The van der Waals surface area contributed by atoms with Gasteiger partial charge in [0.25, 0.3) is 0 Å². The molecule has 5 heteroatoms. The molecule has 3 rings (SSSR count). The molecule has 0 fully saturated rings. The molecule has 0 saturated carbocycles. The normalized spacial score (nSPS) is 11.9. The SMILES string of the molecule is CCOCc1nc2cnc3cc(Cl)ccc3c2n1CC(C)C. The van der Waals surface area contributed by atoms with Gasteiger partial charge in [-0.05, 0) is 31.0 Å². The number of fused-ring (bicyclic) bond motifs is 3. The molecule has 22 heavy (non-hydrogen) atoms. The van der Waals surface area contributed by atoms with Crippen LogP contribution < -0.4 is 0 Å². The molecule has 0 radical (unpaired) electrons. The molecule has 0 spiro atoms. The molecule has 0 unspecified atom stereocenters. The predicted octanol–water partition coefficient (Wildman–Crippen LogP) is 4.43. The molecule has 0 amide bonds. The van der Waals surface area contributed by atoms with Crippen LogP contribution in [-0.4, -0.2) is 21.1 Å². The van der Waals surface area contributed by atoms with E-state index in [2.05, 4.69) is 23.4 Å². The van der Waals surface area contributed by atoms with Crippen molar-refractivity contribution in [1.82, 2.24) is 14.5 Å². The molecule has 3 aromatic rings. The topological polar surface area (TPSA) is 39.9 Å². The molecular weight excluding hydrogens is 298 g/mol. The predicted molar refractivity (Wildman–Crippen MR) is 90.2 cm³/mol. The van der Waals surface area contributed by atoms with Crippen molar-refractivity contribution in [3.05, 3.63) is 35.2 Å². The Bertz CT molecular complexity index is 810. The van der Waals surface area contributed by atoms with Crippen LogP contribution in [0.5, 0.6) is 0 Å². The van der Waals surface area contributed by atoms with Crippen molar-refractivity contribution < 1.29 is 4.74 Å². The first-order chi connectivity index (χ1) is 10.6. The van der Waals surface area contributed by atoms with E-state index >= 15 is 0 Å². The van der Waals surface area contributed by atoms with E-state index in [0.717, 1.165) is 34.3 Å². The van der Waals surface area contributed by atoms with E-state index in [1.165, 1.54) is 0 Å². The summed E-state index contributed by atoms with van der Waals surface area (Å²) in [6.07, 6.45) is 1.82. The van der Waals surface area contributed by atoms with Crippen LogP contribution in [0, 0.1) is 5.92 Å². The Balaban J connectivity index is 2.26. The Labute approximate surface area is 135 Å². The third-order valence-corrected chi connectivity index (χ3v) is 3.83. The van der Waals surface area contributed by atoms with Crippen molar-refractivity contribution in [1.29, 1.82) is 0 Å². The average molecular weight is 318 g/mol. The van der Waals surface area contributed by atoms with Gasteiger partial charge in [-0.25, -0.2) is 4.98 Å². The number of halogens is 1. The lowest BCUT2D eigenvalue weighted by Crippen LogP contribution is -2.10. The van der Waals surface area contributed by atoms with Crippen LogP contribution in [0.2, 0.25) is 5.02 Å². The third kappa shape index (κ3) is 2.81. The highest BCUT2D eigenvalue weighted by Gasteiger charge is 2.15. The summed E-state index contributed by atoms with van der Waals surface area (Å²) in [6.45, 7) is 8.51. The number of ether oxygens (including phenoxy) is 1. The lowest BCUT2D eigenvalue weighted by atomic mass is 10.1. The zero-order valence-corrected chi connectivity index (χ0v) is 13.9. The largest absolute Gasteiger partial charge is 0.374 e. The maximum atomic E-state index is 6.09. The molecule has 116 valence electrons. The fourth-order valence-corrected chi connectivity index (χ4v) is 2.87. The molecule has 0 aliphatic carbocycles. The number of pyridine rings is 1. The first-order valence-electron chi connectivity index (χ1n) is 7.61. The average Bonchev–Trinajstić information content (AvgIpc) is 2.82. The number of benzene rings is 1. The van der Waals surface area contributed by atoms with Crippen LogP contribution in [0.3, 0.4) is 0 Å². The van der Waals surface area contributed by atoms with Crippen molar-refractivity contribution in [2.75, 3.05) is 6.61 Å². The Morgan fingerprint density at radius 1 is 1.27 bits per heavy atom. The summed E-state index contributed by atoms with van der Waals surface area (Å²) >= 11 is 6.09. The van der Waals surface area contributed by atoms with E-state index < -0.39 is 0 Å². The van der Waals surface area contributed by atoms with Gasteiger partial charge in [0, 0.05) is 23.6 Å². The van der Waals surface area contributed by atoms with E-state index in [-0.39, 0.29) is 0 Å². The summed E-state index contributed by atoms with van der Waals surface area (Å²) < 4.78 is 7.84. The van der Waals surface area contributed by atoms with E-state index in [9.17, 15) is 0 Å². The second-order valence-corrected chi connectivity index (χ2v) is 6.26. The van der Waals surface area contributed by atoms with Crippen molar-refractivity contribution in [2.24, 2.45) is 5.92 Å². The standard InChI is InChI=1S/C17H20ClN3O/c1-4-22-10-16-20-15-8-19-14-7-12(18)5-6-13(14)17(15)21(16)9-11(2)3/h5-8,11H,4,9-10H2,1-3H3. The number of imidazole rings is 1. The molecule has 4 nitrogen and oxygen atoms in total. The maximum absolute atomic E-state index is 6.09. The second-order valence-electron chi connectivity index (χ2n) is 5.82. The highest BCUT2D eigenvalue weighted by atomic mass is 35.5. The van der Waals surface area contributed by atoms with E-state index in [1.54, 1.807) is 0 Å². The molecule has 0 aliphatic heterocycles. The Morgan fingerprint density at radius 2 is 2.09 bits per heavy atom. The zero-order chi connectivity index (χ0) is 15.7. The lowest BCUT2D eigenvalue weighted by molar-refractivity contribution is 0.125. The fraction of sp³-hybridized carbons (Fsp3) is 0.412. The monoisotopic (exact) mass is 317 g/mol. The van der Waals surface area contributed by atoms with Gasteiger partial charge in [0.15, 0.2) is 0 Å². The van der Waals surface area contributed by atoms with Crippen molar-refractivity contribution in [3.63, 3.8) is 0 Å². The molecule has 2 aromatic heterocycles. The van der Waals surface area contributed by atoms with Crippen molar-refractivity contribution in [2.45, 2.75) is 33.9 Å². The highest BCUT2D eigenvalue weighted by molar-refractivity contribution is 6.31. The second kappa shape index (κ2) is 6.23. The number of rotatable bonds is 5. The number of hydrogen-bond acceptors (Lipinski definition) is 3. The summed E-state index contributed by atoms with van der Waals surface area (Å²) in [6, 6.07) is 5.82. The van der Waals surface area contributed by atoms with Gasteiger partial charge in [-0.2, -0.15) is 0 Å². The van der Waals surface area contributed by atoms with Gasteiger partial charge in [0.1, 0.15) is 17.9 Å². The molecule has 0 atom stereocenters. The Hall–Kier alpha value is -1.65. The van der Waals surface area contributed by atoms with E-state index in [1.807, 2.05) is 31.3 Å². The van der Waals surface area contributed by atoms with Gasteiger partial charge >= 0.3 is 0 Å². The quantitative estimate of drug-likeness (QED) is 0.699. The zero-order valence-electron chi connectivity index (χ0n) is 13.1. The van der Waals surface area contributed by atoms with E-state index in [4.69, 9.17) is 21.3 Å². The summed E-state index contributed by atoms with van der Waals surface area (Å²) in [4.78, 5) is 9.20. The van der Waals surface area contributed by atoms with E-state index in [0.29, 0.717) is 24.2 Å². The highest BCUT2D eigenvalue weighted by Crippen LogP contribution is 2.27. The maximum Gasteiger partial charge on any atom is 0.136 e. The number of nitrogens with zero attached hydrogens (tertiary/aromatic N) is 3. The minimum absolute atomic E-state index is 0.521. The van der Waals surface area contributed by atoms with Crippen LogP contribution >= 0.6 is 11.6 Å². The number of aromatic nitrogens is 3. The Kier molecular flexibility index (Phi) is 4.32. The van der Waals surface area contributed by atoms with Crippen LogP contribution in [0.15, 0.2) is 24.4 Å². The molecule has 0 N–H and O–H groups in total. The fourth-order valence-electron chi connectivity index (χ4n) is 2.70. The summed E-state index contributed by atoms with van der Waals surface area (Å²) in [7, 11) is 0. The smallest absolute Gasteiger partial charge is 0.136 e. The lowest BCUT2D eigenvalue weighted by Gasteiger charge is -2.12. The summed E-state index contributed by atoms with van der Waals surface area (Å²) in [5.41, 5.74) is 2.92. The first-order valence-corrected chi connectivity index (χ1v) is 7.99. The van der Waals surface area contributed by atoms with Crippen LogP contribution in [0.1, 0.15) is 26.6 Å². The molecule has 0 saturated heterocycles. The molecule has 0 bridgehead atoms. The first kappa shape index (κ1) is 15.3. The van der Waals surface area contributed by atoms with Crippen LogP contribution in [0.4, 0.5) is 0 Å². The minimum atomic E-state index is 0.521. The van der Waals surface area contributed by atoms with Crippen LogP contribution in [-0.2, 0) is 17.9 Å². The molecule has 0 aliphatic rings. The molecule has 2 heterocycles. The summed E-state index contributed by atoms with van der Waals surface area (Å²) in [5, 5.41) is 1.78. The number of hydrogen-bond donors (Lipinski definition) is 0. The van der Waals surface area contributed by atoms with Gasteiger partial charge in [0.2, 0.25) is 0 Å². The van der Waals surface area contributed by atoms with Crippen molar-refractivity contribution in [3.8, 4) is 0 Å².